The van der Waals surface area contributed by atoms with Crippen molar-refractivity contribution in [2.45, 2.75) is 11.8 Å². The second-order valence-electron chi connectivity index (χ2n) is 4.89. The summed E-state index contributed by atoms with van der Waals surface area (Å²) in [5.41, 5.74) is 4.61. The number of hydrogen-bond acceptors (Lipinski definition) is 4. The minimum Gasteiger partial charge on any atom is -0.277 e. The van der Waals surface area contributed by atoms with Crippen LogP contribution >= 0.6 is 23.1 Å². The molecule has 0 aliphatic carbocycles. The third-order valence-electron chi connectivity index (χ3n) is 3.60. The van der Waals surface area contributed by atoms with Crippen LogP contribution in [0.15, 0.2) is 41.4 Å². The number of aromatic nitrogens is 3. The zero-order valence-electron chi connectivity index (χ0n) is 11.7. The van der Waals surface area contributed by atoms with Crippen LogP contribution in [0.1, 0.15) is 5.01 Å². The van der Waals surface area contributed by atoms with Crippen molar-refractivity contribution in [2.75, 3.05) is 6.26 Å². The van der Waals surface area contributed by atoms with Gasteiger partial charge in [-0.2, -0.15) is 5.10 Å². The number of H-pyrrole nitrogens is 1. The monoisotopic (exact) mass is 311 g/mol. The van der Waals surface area contributed by atoms with Gasteiger partial charge in [0.2, 0.25) is 0 Å². The molecular weight excluding hydrogens is 298 g/mol. The van der Waals surface area contributed by atoms with Crippen molar-refractivity contribution in [1.82, 2.24) is 15.2 Å². The molecule has 0 radical (unpaired) electrons. The smallest absolute Gasteiger partial charge is 0.0907 e. The Kier molecular flexibility index (Phi) is 2.97. The molecule has 2 aromatic heterocycles. The van der Waals surface area contributed by atoms with Gasteiger partial charge in [0.15, 0.2) is 0 Å². The molecule has 3 nitrogen and oxygen atoms in total. The summed E-state index contributed by atoms with van der Waals surface area (Å²) in [5.74, 6) is 0. The summed E-state index contributed by atoms with van der Waals surface area (Å²) in [7, 11) is 0. The van der Waals surface area contributed by atoms with Gasteiger partial charge >= 0.3 is 0 Å². The van der Waals surface area contributed by atoms with Crippen molar-refractivity contribution >= 4 is 44.2 Å². The minimum absolute atomic E-state index is 1.07. The van der Waals surface area contributed by atoms with Crippen molar-refractivity contribution < 1.29 is 0 Å². The van der Waals surface area contributed by atoms with Gasteiger partial charge in [-0.05, 0) is 42.5 Å². The van der Waals surface area contributed by atoms with E-state index in [0.29, 0.717) is 0 Å². The molecule has 21 heavy (non-hydrogen) atoms. The Bertz CT molecular complexity index is 953. The first-order valence-electron chi connectivity index (χ1n) is 6.64. The second-order valence-corrected chi connectivity index (χ2v) is 6.97. The molecule has 0 aliphatic heterocycles. The molecular formula is C16H13N3S2. The summed E-state index contributed by atoms with van der Waals surface area (Å²) in [6.45, 7) is 2.05. The highest BCUT2D eigenvalue weighted by atomic mass is 32.2. The number of aryl methyl sites for hydroxylation is 1. The molecule has 0 aliphatic rings. The number of rotatable bonds is 2. The zero-order chi connectivity index (χ0) is 14.4. The third-order valence-corrected chi connectivity index (χ3v) is 5.32. The fourth-order valence-electron chi connectivity index (χ4n) is 2.64. The fourth-order valence-corrected chi connectivity index (χ4v) is 4.07. The Morgan fingerprint density at radius 3 is 2.95 bits per heavy atom. The lowest BCUT2D eigenvalue weighted by Gasteiger charge is -2.06. The van der Waals surface area contributed by atoms with Crippen LogP contribution in [0.2, 0.25) is 0 Å². The molecule has 0 unspecified atom stereocenters. The third kappa shape index (κ3) is 2.04. The first kappa shape index (κ1) is 12.9. The van der Waals surface area contributed by atoms with Crippen LogP contribution < -0.4 is 0 Å². The molecule has 0 bridgehead atoms. The number of nitrogens with one attached hydrogen (secondary N) is 1. The van der Waals surface area contributed by atoms with E-state index in [1.807, 2.05) is 13.1 Å². The molecule has 0 saturated carbocycles. The average molecular weight is 311 g/mol. The Balaban J connectivity index is 1.97. The molecule has 0 spiro atoms. The van der Waals surface area contributed by atoms with Gasteiger partial charge in [0.25, 0.3) is 0 Å². The first-order chi connectivity index (χ1) is 10.3. The van der Waals surface area contributed by atoms with Gasteiger partial charge in [0.1, 0.15) is 0 Å². The largest absolute Gasteiger partial charge is 0.277 e. The summed E-state index contributed by atoms with van der Waals surface area (Å²) in [5, 5.41) is 9.60. The van der Waals surface area contributed by atoms with Crippen LogP contribution in [0.4, 0.5) is 0 Å². The molecule has 0 amide bonds. The highest BCUT2D eigenvalue weighted by Gasteiger charge is 2.10. The van der Waals surface area contributed by atoms with Gasteiger partial charge in [0.05, 0.1) is 26.9 Å². The standard InChI is InChI=1S/C16H13N3S2/c1-9-18-13-5-3-10(7-15(13)21-9)11-4-6-14(20-2)16-12(11)8-17-19-16/h3-8H,1-2H3,(H,17,19). The van der Waals surface area contributed by atoms with Gasteiger partial charge in [-0.15, -0.1) is 23.1 Å². The molecule has 1 N–H and O–H groups in total. The second kappa shape index (κ2) is 4.86. The summed E-state index contributed by atoms with van der Waals surface area (Å²) in [6, 6.07) is 10.8. The van der Waals surface area contributed by atoms with Crippen LogP contribution in [0, 0.1) is 6.92 Å². The average Bonchev–Trinajstić information content (AvgIpc) is 3.10. The summed E-state index contributed by atoms with van der Waals surface area (Å²) < 4.78 is 1.23. The SMILES string of the molecule is CSc1ccc(-c2ccc3nc(C)sc3c2)c2cn[nH]c12. The Hall–Kier alpha value is -1.85. The van der Waals surface area contributed by atoms with Crippen molar-refractivity contribution in [3.63, 3.8) is 0 Å². The summed E-state index contributed by atoms with van der Waals surface area (Å²) in [4.78, 5) is 5.75. The number of thiazole rings is 1. The van der Waals surface area contributed by atoms with E-state index in [4.69, 9.17) is 0 Å². The van der Waals surface area contributed by atoms with Crippen molar-refractivity contribution in [2.24, 2.45) is 0 Å². The van der Waals surface area contributed by atoms with Crippen LogP contribution in [0.3, 0.4) is 0 Å². The number of benzene rings is 2. The van der Waals surface area contributed by atoms with Crippen LogP contribution in [-0.2, 0) is 0 Å². The number of hydrogen-bond donors (Lipinski definition) is 1. The molecule has 0 saturated heterocycles. The molecule has 2 heterocycles. The predicted molar refractivity (Wildman–Crippen MR) is 91.2 cm³/mol. The Labute approximate surface area is 130 Å². The highest BCUT2D eigenvalue weighted by Crippen LogP contribution is 2.35. The van der Waals surface area contributed by atoms with E-state index in [1.165, 1.54) is 26.1 Å². The van der Waals surface area contributed by atoms with Crippen LogP contribution in [0.25, 0.3) is 32.2 Å². The quantitative estimate of drug-likeness (QED) is 0.537. The maximum Gasteiger partial charge on any atom is 0.0907 e. The maximum atomic E-state index is 4.52. The summed E-state index contributed by atoms with van der Waals surface area (Å²) in [6.07, 6.45) is 3.99. The lowest BCUT2D eigenvalue weighted by atomic mass is 10.0. The van der Waals surface area contributed by atoms with E-state index in [9.17, 15) is 0 Å². The molecule has 4 aromatic rings. The van der Waals surface area contributed by atoms with Gasteiger partial charge in [-0.25, -0.2) is 4.98 Å². The normalized spacial score (nSPS) is 11.5. The number of nitrogens with zero attached hydrogens (tertiary/aromatic N) is 2. The highest BCUT2D eigenvalue weighted by molar-refractivity contribution is 7.98. The predicted octanol–water partition coefficient (Wildman–Crippen LogP) is 4.87. The van der Waals surface area contributed by atoms with Crippen molar-refractivity contribution in [3.8, 4) is 11.1 Å². The Morgan fingerprint density at radius 1 is 1.19 bits per heavy atom. The van der Waals surface area contributed by atoms with E-state index in [0.717, 1.165) is 16.0 Å². The molecule has 2 aromatic carbocycles. The van der Waals surface area contributed by atoms with Gasteiger partial charge < -0.3 is 0 Å². The topological polar surface area (TPSA) is 41.6 Å². The fraction of sp³-hybridized carbons (Fsp3) is 0.125. The molecule has 0 fully saturated rings. The maximum absolute atomic E-state index is 4.52. The Morgan fingerprint density at radius 2 is 2.10 bits per heavy atom. The van der Waals surface area contributed by atoms with Gasteiger partial charge in [0, 0.05) is 10.3 Å². The number of aromatic amines is 1. The van der Waals surface area contributed by atoms with Crippen molar-refractivity contribution in [3.05, 3.63) is 41.5 Å². The lowest BCUT2D eigenvalue weighted by Crippen LogP contribution is -1.82. The van der Waals surface area contributed by atoms with Gasteiger partial charge in [-0.1, -0.05) is 12.1 Å². The van der Waals surface area contributed by atoms with Crippen molar-refractivity contribution in [1.29, 1.82) is 0 Å². The molecule has 4 rings (SSSR count). The van der Waals surface area contributed by atoms with E-state index < -0.39 is 0 Å². The lowest BCUT2D eigenvalue weighted by molar-refractivity contribution is 1.11. The van der Waals surface area contributed by atoms with E-state index in [2.05, 4.69) is 51.8 Å². The summed E-state index contributed by atoms with van der Waals surface area (Å²) >= 11 is 3.47. The number of fused-ring (bicyclic) bond motifs is 2. The van der Waals surface area contributed by atoms with E-state index in [-0.39, 0.29) is 0 Å². The zero-order valence-corrected chi connectivity index (χ0v) is 13.3. The molecule has 0 atom stereocenters. The minimum atomic E-state index is 1.07. The molecule has 5 heteroatoms. The van der Waals surface area contributed by atoms with E-state index >= 15 is 0 Å². The number of thioether (sulfide) groups is 1. The van der Waals surface area contributed by atoms with Crippen LogP contribution in [0.5, 0.6) is 0 Å². The van der Waals surface area contributed by atoms with Gasteiger partial charge in [-0.3, -0.25) is 5.10 Å². The van der Waals surface area contributed by atoms with Crippen LogP contribution in [-0.4, -0.2) is 21.4 Å². The first-order valence-corrected chi connectivity index (χ1v) is 8.68. The van der Waals surface area contributed by atoms with E-state index in [1.54, 1.807) is 23.1 Å². The molecule has 104 valence electrons.